The largest absolute Gasteiger partial charge is 0.480 e. The molecule has 0 aromatic carbocycles. The van der Waals surface area contributed by atoms with E-state index in [4.69, 9.17) is 4.74 Å². The van der Waals surface area contributed by atoms with Gasteiger partial charge in [-0.2, -0.15) is 0 Å². The Bertz CT molecular complexity index is 738. The molecule has 1 aromatic heterocycles. The van der Waals surface area contributed by atoms with Crippen LogP contribution < -0.4 is 9.64 Å². The van der Waals surface area contributed by atoms with Crippen molar-refractivity contribution in [1.82, 2.24) is 14.8 Å². The van der Waals surface area contributed by atoms with Crippen LogP contribution in [-0.4, -0.2) is 71.3 Å². The molecule has 0 spiro atoms. The number of likely N-dealkylation sites (tertiary alicyclic amines) is 2. The molecule has 3 aliphatic rings. The molecular weight excluding hydrogens is 336 g/mol. The Morgan fingerprint density at radius 3 is 2.92 bits per heavy atom. The molecule has 1 aromatic rings. The highest BCUT2D eigenvalue weighted by molar-refractivity contribution is 6.01. The van der Waals surface area contributed by atoms with Gasteiger partial charge in [0.2, 0.25) is 11.8 Å². The van der Waals surface area contributed by atoms with Gasteiger partial charge in [0.25, 0.3) is 5.91 Å². The molecule has 0 radical (unpaired) electrons. The van der Waals surface area contributed by atoms with Crippen LogP contribution in [0.1, 0.15) is 25.7 Å². The quantitative estimate of drug-likeness (QED) is 0.782. The monoisotopic (exact) mass is 358 g/mol. The van der Waals surface area contributed by atoms with Crippen molar-refractivity contribution >= 4 is 23.5 Å². The first-order chi connectivity index (χ1) is 12.6. The first-order valence-electron chi connectivity index (χ1n) is 9.09. The van der Waals surface area contributed by atoms with Crippen LogP contribution in [0.5, 0.6) is 5.75 Å². The maximum Gasteiger partial charge on any atom is 0.266 e. The Labute approximate surface area is 151 Å². The lowest BCUT2D eigenvalue weighted by molar-refractivity contribution is -0.137. The van der Waals surface area contributed by atoms with Gasteiger partial charge in [-0.15, -0.1) is 0 Å². The molecule has 0 aliphatic carbocycles. The van der Waals surface area contributed by atoms with Crippen LogP contribution in [0.15, 0.2) is 18.3 Å². The molecule has 1 atom stereocenters. The van der Waals surface area contributed by atoms with Gasteiger partial charge in [-0.05, 0) is 31.4 Å². The first kappa shape index (κ1) is 16.8. The van der Waals surface area contributed by atoms with Crippen molar-refractivity contribution in [2.24, 2.45) is 0 Å². The van der Waals surface area contributed by atoms with Gasteiger partial charge in [-0.1, -0.05) is 0 Å². The third kappa shape index (κ3) is 3.11. The number of ether oxygens (including phenoxy) is 1. The number of hydrogen-bond acceptors (Lipinski definition) is 5. The van der Waals surface area contributed by atoms with E-state index in [0.717, 1.165) is 25.8 Å². The minimum Gasteiger partial charge on any atom is -0.480 e. The molecule has 4 heterocycles. The second-order valence-electron chi connectivity index (χ2n) is 6.92. The number of hydrogen-bond donors (Lipinski definition) is 0. The van der Waals surface area contributed by atoms with Crippen molar-refractivity contribution in [3.8, 4) is 5.75 Å². The fraction of sp³-hybridized carbons (Fsp3) is 0.556. The number of anilines is 1. The zero-order chi connectivity index (χ0) is 18.1. The van der Waals surface area contributed by atoms with Gasteiger partial charge in [0.15, 0.2) is 18.2 Å². The van der Waals surface area contributed by atoms with Crippen LogP contribution >= 0.6 is 0 Å². The summed E-state index contributed by atoms with van der Waals surface area (Å²) in [5.74, 6) is 0.700. The lowest BCUT2D eigenvalue weighted by Crippen LogP contribution is -2.53. The van der Waals surface area contributed by atoms with Crippen molar-refractivity contribution < 1.29 is 19.1 Å². The number of carbonyl (C=O) groups is 3. The van der Waals surface area contributed by atoms with Crippen molar-refractivity contribution in [1.29, 1.82) is 0 Å². The molecule has 0 N–H and O–H groups in total. The first-order valence-corrected chi connectivity index (χ1v) is 9.09. The van der Waals surface area contributed by atoms with E-state index >= 15 is 0 Å². The van der Waals surface area contributed by atoms with Crippen LogP contribution in [0.4, 0.5) is 5.82 Å². The highest BCUT2D eigenvalue weighted by Crippen LogP contribution is 2.29. The summed E-state index contributed by atoms with van der Waals surface area (Å²) in [5, 5.41) is 0. The number of piperidine rings is 1. The van der Waals surface area contributed by atoms with E-state index in [1.807, 2.05) is 4.90 Å². The summed E-state index contributed by atoms with van der Waals surface area (Å²) in [6, 6.07) is 3.56. The van der Waals surface area contributed by atoms with Crippen molar-refractivity contribution in [3.63, 3.8) is 0 Å². The van der Waals surface area contributed by atoms with Gasteiger partial charge in [-0.25, -0.2) is 4.98 Å². The average Bonchev–Trinajstić information content (AvgIpc) is 3.10. The third-order valence-electron chi connectivity index (χ3n) is 5.25. The maximum atomic E-state index is 12.8. The van der Waals surface area contributed by atoms with Gasteiger partial charge in [-0.3, -0.25) is 19.3 Å². The van der Waals surface area contributed by atoms with Crippen LogP contribution in [0.3, 0.4) is 0 Å². The van der Waals surface area contributed by atoms with Gasteiger partial charge >= 0.3 is 0 Å². The van der Waals surface area contributed by atoms with E-state index in [0.29, 0.717) is 31.1 Å². The maximum absolute atomic E-state index is 12.8. The lowest BCUT2D eigenvalue weighted by Gasteiger charge is -2.38. The van der Waals surface area contributed by atoms with E-state index in [-0.39, 0.29) is 36.9 Å². The highest BCUT2D eigenvalue weighted by atomic mass is 16.5. The Morgan fingerprint density at radius 1 is 1.23 bits per heavy atom. The molecule has 2 fully saturated rings. The Kier molecular flexibility index (Phi) is 4.48. The van der Waals surface area contributed by atoms with E-state index in [1.165, 1.54) is 4.90 Å². The van der Waals surface area contributed by atoms with Crippen LogP contribution in [0.25, 0.3) is 0 Å². The molecule has 4 rings (SSSR count). The summed E-state index contributed by atoms with van der Waals surface area (Å²) in [5.41, 5.74) is 0. The predicted octanol–water partition coefficient (Wildman–Crippen LogP) is 0.420. The van der Waals surface area contributed by atoms with Crippen molar-refractivity contribution in [2.75, 3.05) is 37.7 Å². The van der Waals surface area contributed by atoms with Gasteiger partial charge < -0.3 is 14.5 Å². The molecule has 0 saturated carbocycles. The summed E-state index contributed by atoms with van der Waals surface area (Å²) >= 11 is 0. The standard InChI is InChI=1S/C18H22N4O4/c23-15-6-3-9-21(15)13-4-2-8-20(10-13)16(24)11-22-17(25)12-26-14-5-1-7-19-18(14)22/h1,5,7,13H,2-4,6,8-12H2/t13-/m1/s1. The zero-order valence-electron chi connectivity index (χ0n) is 14.6. The predicted molar refractivity (Wildman–Crippen MR) is 92.6 cm³/mol. The molecule has 3 amide bonds. The van der Waals surface area contributed by atoms with Gasteiger partial charge in [0, 0.05) is 38.3 Å². The van der Waals surface area contributed by atoms with E-state index < -0.39 is 0 Å². The molecular formula is C18H22N4O4. The molecule has 0 bridgehead atoms. The van der Waals surface area contributed by atoms with Crippen LogP contribution in [0.2, 0.25) is 0 Å². The summed E-state index contributed by atoms with van der Waals surface area (Å²) in [7, 11) is 0. The topological polar surface area (TPSA) is 83.1 Å². The Balaban J connectivity index is 1.44. The van der Waals surface area contributed by atoms with Crippen molar-refractivity contribution in [2.45, 2.75) is 31.7 Å². The number of amides is 3. The summed E-state index contributed by atoms with van der Waals surface area (Å²) < 4.78 is 5.37. The highest BCUT2D eigenvalue weighted by Gasteiger charge is 2.35. The molecule has 26 heavy (non-hydrogen) atoms. The fourth-order valence-electron chi connectivity index (χ4n) is 3.92. The number of carbonyl (C=O) groups excluding carboxylic acids is 3. The molecule has 8 heteroatoms. The number of rotatable bonds is 3. The Hall–Kier alpha value is -2.64. The molecule has 8 nitrogen and oxygen atoms in total. The summed E-state index contributed by atoms with van der Waals surface area (Å²) in [4.78, 5) is 46.3. The second kappa shape index (κ2) is 6.93. The average molecular weight is 358 g/mol. The number of nitrogens with zero attached hydrogens (tertiary/aromatic N) is 4. The van der Waals surface area contributed by atoms with E-state index in [9.17, 15) is 14.4 Å². The van der Waals surface area contributed by atoms with Crippen LogP contribution in [-0.2, 0) is 14.4 Å². The number of fused-ring (bicyclic) bond motifs is 1. The van der Waals surface area contributed by atoms with E-state index in [2.05, 4.69) is 4.98 Å². The number of aromatic nitrogens is 1. The lowest BCUT2D eigenvalue weighted by atomic mass is 10.0. The second-order valence-corrected chi connectivity index (χ2v) is 6.92. The fourth-order valence-corrected chi connectivity index (χ4v) is 3.92. The SMILES string of the molecule is O=C(CN1C(=O)COc2cccnc21)N1CCC[C@@H](N2CCCC2=O)C1. The minimum absolute atomic E-state index is 0.0487. The summed E-state index contributed by atoms with van der Waals surface area (Å²) in [6.45, 7) is 1.84. The smallest absolute Gasteiger partial charge is 0.266 e. The minimum atomic E-state index is -0.271. The van der Waals surface area contributed by atoms with Crippen LogP contribution in [0, 0.1) is 0 Å². The van der Waals surface area contributed by atoms with Gasteiger partial charge in [0.05, 0.1) is 0 Å². The molecule has 2 saturated heterocycles. The molecule has 0 unspecified atom stereocenters. The normalized spacial score (nSPS) is 23.1. The number of pyridine rings is 1. The molecule has 3 aliphatic heterocycles. The third-order valence-corrected chi connectivity index (χ3v) is 5.25. The Morgan fingerprint density at radius 2 is 2.12 bits per heavy atom. The zero-order valence-corrected chi connectivity index (χ0v) is 14.6. The molecule has 138 valence electrons. The van der Waals surface area contributed by atoms with E-state index in [1.54, 1.807) is 23.2 Å². The van der Waals surface area contributed by atoms with Gasteiger partial charge in [0.1, 0.15) is 6.54 Å². The van der Waals surface area contributed by atoms with Crippen molar-refractivity contribution in [3.05, 3.63) is 18.3 Å². The summed E-state index contributed by atoms with van der Waals surface area (Å²) in [6.07, 6.45) is 4.87.